The molecule has 0 aliphatic rings. The Bertz CT molecular complexity index is 784. The van der Waals surface area contributed by atoms with Crippen LogP contribution in [-0.4, -0.2) is 46.4 Å². The lowest BCUT2D eigenvalue weighted by Gasteiger charge is -2.19. The standard InChI is InChI=1S/C20H20N2O7/c23-17(15(21-19(25)26)11-13-7-3-1-4-8-13)29-18(24)16(22-20(27)28)12-14-9-5-2-6-10-14/h1-10,15-16,21-22H,11-12H2,(H,25,26)(H,27,28). The molecule has 0 aliphatic carbocycles. The molecule has 0 fully saturated rings. The van der Waals surface area contributed by atoms with Crippen LogP contribution < -0.4 is 10.6 Å². The molecule has 4 N–H and O–H groups in total. The minimum atomic E-state index is -1.46. The summed E-state index contributed by atoms with van der Waals surface area (Å²) in [6.07, 6.45) is -2.98. The highest BCUT2D eigenvalue weighted by Crippen LogP contribution is 2.08. The minimum absolute atomic E-state index is 0.0328. The second kappa shape index (κ2) is 10.5. The lowest BCUT2D eigenvalue weighted by molar-refractivity contribution is -0.162. The van der Waals surface area contributed by atoms with E-state index in [-0.39, 0.29) is 12.8 Å². The predicted molar refractivity (Wildman–Crippen MR) is 101 cm³/mol. The van der Waals surface area contributed by atoms with Crippen LogP contribution in [-0.2, 0) is 27.2 Å². The summed E-state index contributed by atoms with van der Waals surface area (Å²) in [7, 11) is 0. The molecule has 0 aromatic heterocycles. The molecule has 2 unspecified atom stereocenters. The first-order valence-corrected chi connectivity index (χ1v) is 8.67. The zero-order valence-electron chi connectivity index (χ0n) is 15.3. The molecule has 0 aliphatic heterocycles. The molecule has 2 aromatic carbocycles. The lowest BCUT2D eigenvalue weighted by atomic mass is 10.1. The SMILES string of the molecule is O=C(O)NC(Cc1ccccc1)C(=O)OC(=O)C(Cc1ccccc1)NC(=O)O. The molecule has 0 saturated heterocycles. The van der Waals surface area contributed by atoms with E-state index in [2.05, 4.69) is 0 Å². The van der Waals surface area contributed by atoms with Gasteiger partial charge in [0.25, 0.3) is 0 Å². The quantitative estimate of drug-likeness (QED) is 0.391. The Balaban J connectivity index is 2.10. The first-order chi connectivity index (χ1) is 13.8. The van der Waals surface area contributed by atoms with Crippen LogP contribution in [0.3, 0.4) is 0 Å². The molecule has 0 bridgehead atoms. The van der Waals surface area contributed by atoms with Gasteiger partial charge in [0.15, 0.2) is 0 Å². The summed E-state index contributed by atoms with van der Waals surface area (Å²) >= 11 is 0. The predicted octanol–water partition coefficient (Wildman–Crippen LogP) is 1.81. The van der Waals surface area contributed by atoms with Gasteiger partial charge in [-0.05, 0) is 11.1 Å². The van der Waals surface area contributed by atoms with Gasteiger partial charge in [0.05, 0.1) is 0 Å². The number of benzene rings is 2. The average Bonchev–Trinajstić information content (AvgIpc) is 2.68. The highest BCUT2D eigenvalue weighted by Gasteiger charge is 2.29. The summed E-state index contributed by atoms with van der Waals surface area (Å²) in [6, 6.07) is 14.5. The Morgan fingerprint density at radius 3 is 1.34 bits per heavy atom. The van der Waals surface area contributed by atoms with Crippen LogP contribution in [0.25, 0.3) is 0 Å². The molecule has 2 amide bonds. The highest BCUT2D eigenvalue weighted by molar-refractivity contribution is 5.93. The molecule has 29 heavy (non-hydrogen) atoms. The van der Waals surface area contributed by atoms with E-state index in [0.29, 0.717) is 11.1 Å². The van der Waals surface area contributed by atoms with Crippen LogP contribution in [0, 0.1) is 0 Å². The number of ether oxygens (including phenoxy) is 1. The summed E-state index contributed by atoms with van der Waals surface area (Å²) in [5, 5.41) is 22.0. The maximum atomic E-state index is 12.4. The fourth-order valence-corrected chi connectivity index (χ4v) is 2.63. The molecular formula is C20H20N2O7. The number of carbonyl (C=O) groups is 4. The van der Waals surface area contributed by atoms with Crippen molar-refractivity contribution < 1.29 is 34.1 Å². The van der Waals surface area contributed by atoms with Gasteiger partial charge in [0, 0.05) is 12.8 Å². The number of esters is 2. The van der Waals surface area contributed by atoms with Crippen molar-refractivity contribution in [2.45, 2.75) is 24.9 Å². The first kappa shape index (κ1) is 21.4. The second-order valence-electron chi connectivity index (χ2n) is 6.12. The van der Waals surface area contributed by atoms with Gasteiger partial charge < -0.3 is 25.6 Å². The van der Waals surface area contributed by atoms with E-state index < -0.39 is 36.2 Å². The van der Waals surface area contributed by atoms with Crippen molar-refractivity contribution in [3.05, 3.63) is 71.8 Å². The molecule has 0 radical (unpaired) electrons. The van der Waals surface area contributed by atoms with Crippen LogP contribution in [0.5, 0.6) is 0 Å². The Labute approximate surface area is 166 Å². The van der Waals surface area contributed by atoms with E-state index in [0.717, 1.165) is 0 Å². The largest absolute Gasteiger partial charge is 0.465 e. The number of amides is 2. The van der Waals surface area contributed by atoms with Crippen molar-refractivity contribution in [2.24, 2.45) is 0 Å². The molecule has 0 heterocycles. The van der Waals surface area contributed by atoms with Crippen molar-refractivity contribution in [1.29, 1.82) is 0 Å². The average molecular weight is 400 g/mol. The fraction of sp³-hybridized carbons (Fsp3) is 0.200. The third-order valence-corrected chi connectivity index (χ3v) is 3.93. The highest BCUT2D eigenvalue weighted by atomic mass is 16.6. The van der Waals surface area contributed by atoms with Gasteiger partial charge in [-0.3, -0.25) is 0 Å². The van der Waals surface area contributed by atoms with E-state index in [9.17, 15) is 19.2 Å². The number of rotatable bonds is 8. The Kier molecular flexibility index (Phi) is 7.72. The van der Waals surface area contributed by atoms with E-state index in [1.165, 1.54) is 0 Å². The molecule has 2 aromatic rings. The van der Waals surface area contributed by atoms with Gasteiger partial charge >= 0.3 is 24.1 Å². The van der Waals surface area contributed by atoms with Crippen LogP contribution in [0.1, 0.15) is 11.1 Å². The topological polar surface area (TPSA) is 142 Å². The van der Waals surface area contributed by atoms with Crippen molar-refractivity contribution in [1.82, 2.24) is 10.6 Å². The van der Waals surface area contributed by atoms with Crippen LogP contribution in [0.15, 0.2) is 60.7 Å². The zero-order valence-corrected chi connectivity index (χ0v) is 15.3. The minimum Gasteiger partial charge on any atom is -0.465 e. The Morgan fingerprint density at radius 2 is 1.03 bits per heavy atom. The summed E-state index contributed by atoms with van der Waals surface area (Å²) in [5.74, 6) is -2.24. The van der Waals surface area contributed by atoms with Crippen LogP contribution >= 0.6 is 0 Å². The molecule has 2 atom stereocenters. The maximum absolute atomic E-state index is 12.4. The van der Waals surface area contributed by atoms with Gasteiger partial charge in [-0.1, -0.05) is 60.7 Å². The van der Waals surface area contributed by atoms with E-state index >= 15 is 0 Å². The van der Waals surface area contributed by atoms with Crippen molar-refractivity contribution in [3.63, 3.8) is 0 Å². The van der Waals surface area contributed by atoms with Gasteiger partial charge in [-0.25, -0.2) is 19.2 Å². The monoisotopic (exact) mass is 400 g/mol. The molecule has 0 spiro atoms. The third kappa shape index (κ3) is 7.33. The lowest BCUT2D eigenvalue weighted by Crippen LogP contribution is -2.47. The van der Waals surface area contributed by atoms with E-state index in [1.54, 1.807) is 60.7 Å². The van der Waals surface area contributed by atoms with Gasteiger partial charge in [-0.2, -0.15) is 0 Å². The summed E-state index contributed by atoms with van der Waals surface area (Å²) < 4.78 is 4.79. The number of nitrogens with one attached hydrogen (secondary N) is 2. The zero-order chi connectivity index (χ0) is 21.2. The first-order valence-electron chi connectivity index (χ1n) is 8.67. The fourth-order valence-electron chi connectivity index (χ4n) is 2.63. The number of hydrogen-bond donors (Lipinski definition) is 4. The molecule has 2 rings (SSSR count). The normalized spacial score (nSPS) is 12.3. The molecule has 9 heteroatoms. The summed E-state index contributed by atoms with van der Waals surface area (Å²) in [6.45, 7) is 0. The van der Waals surface area contributed by atoms with Crippen molar-refractivity contribution >= 4 is 24.1 Å². The van der Waals surface area contributed by atoms with E-state index in [1.807, 2.05) is 10.6 Å². The van der Waals surface area contributed by atoms with Crippen molar-refractivity contribution in [2.75, 3.05) is 0 Å². The molecule has 0 saturated carbocycles. The summed E-state index contributed by atoms with van der Waals surface area (Å²) in [5.41, 5.74) is 1.31. The maximum Gasteiger partial charge on any atom is 0.405 e. The number of carbonyl (C=O) groups excluding carboxylic acids is 2. The molecule has 9 nitrogen and oxygen atoms in total. The smallest absolute Gasteiger partial charge is 0.405 e. The second-order valence-corrected chi connectivity index (χ2v) is 6.12. The van der Waals surface area contributed by atoms with Crippen LogP contribution in [0.2, 0.25) is 0 Å². The number of hydrogen-bond acceptors (Lipinski definition) is 5. The third-order valence-electron chi connectivity index (χ3n) is 3.93. The van der Waals surface area contributed by atoms with Gasteiger partial charge in [-0.15, -0.1) is 0 Å². The van der Waals surface area contributed by atoms with Crippen molar-refractivity contribution in [3.8, 4) is 0 Å². The van der Waals surface area contributed by atoms with Crippen LogP contribution in [0.4, 0.5) is 9.59 Å². The summed E-state index contributed by atoms with van der Waals surface area (Å²) in [4.78, 5) is 46.8. The number of carboxylic acid groups (broad SMARTS) is 2. The van der Waals surface area contributed by atoms with Gasteiger partial charge in [0.2, 0.25) is 0 Å². The Hall–Kier alpha value is -3.88. The molecular weight excluding hydrogens is 380 g/mol. The van der Waals surface area contributed by atoms with Gasteiger partial charge in [0.1, 0.15) is 12.1 Å². The molecule has 152 valence electrons. The Morgan fingerprint density at radius 1 is 0.690 bits per heavy atom. The van der Waals surface area contributed by atoms with E-state index in [4.69, 9.17) is 14.9 Å².